The summed E-state index contributed by atoms with van der Waals surface area (Å²) in [4.78, 5) is 4.16. The number of halogens is 2. The highest BCUT2D eigenvalue weighted by atomic mass is 19.3. The van der Waals surface area contributed by atoms with Gasteiger partial charge in [0, 0.05) is 5.69 Å². The van der Waals surface area contributed by atoms with E-state index in [1.165, 1.54) is 12.1 Å². The van der Waals surface area contributed by atoms with Gasteiger partial charge in [-0.2, -0.15) is 8.78 Å². The molecular formula is C12H12F2N4O. The van der Waals surface area contributed by atoms with Gasteiger partial charge in [-0.05, 0) is 36.4 Å². The van der Waals surface area contributed by atoms with Gasteiger partial charge in [0.1, 0.15) is 17.4 Å². The molecule has 1 heterocycles. The molecule has 2 aromatic rings. The highest BCUT2D eigenvalue weighted by Gasteiger charge is 2.04. The van der Waals surface area contributed by atoms with Gasteiger partial charge in [0.15, 0.2) is 0 Å². The van der Waals surface area contributed by atoms with Crippen LogP contribution in [0.4, 0.5) is 26.1 Å². The molecule has 0 spiro atoms. The number of aromatic nitrogens is 1. The first kappa shape index (κ1) is 13.0. The van der Waals surface area contributed by atoms with Crippen molar-refractivity contribution in [1.29, 1.82) is 0 Å². The normalized spacial score (nSPS) is 10.3. The monoisotopic (exact) mass is 266 g/mol. The average Bonchev–Trinajstić information content (AvgIpc) is 2.41. The van der Waals surface area contributed by atoms with Crippen molar-refractivity contribution in [2.75, 3.05) is 10.7 Å². The molecule has 100 valence electrons. The van der Waals surface area contributed by atoms with Gasteiger partial charge in [-0.3, -0.25) is 0 Å². The molecule has 1 aromatic carbocycles. The van der Waals surface area contributed by atoms with Crippen LogP contribution in [-0.4, -0.2) is 11.6 Å². The van der Waals surface area contributed by atoms with E-state index in [1.54, 1.807) is 30.3 Å². The molecule has 19 heavy (non-hydrogen) atoms. The summed E-state index contributed by atoms with van der Waals surface area (Å²) < 4.78 is 28.2. The minimum Gasteiger partial charge on any atom is -0.435 e. The van der Waals surface area contributed by atoms with Crippen LogP contribution in [0, 0.1) is 0 Å². The zero-order valence-corrected chi connectivity index (χ0v) is 9.81. The van der Waals surface area contributed by atoms with Gasteiger partial charge in [0.2, 0.25) is 0 Å². The minimum absolute atomic E-state index is 0.103. The Morgan fingerprint density at radius 1 is 1.05 bits per heavy atom. The number of nitrogens with one attached hydrogen (secondary N) is 2. The molecule has 0 amide bonds. The number of nitrogen functional groups attached to an aromatic ring is 1. The molecule has 0 atom stereocenters. The van der Waals surface area contributed by atoms with Gasteiger partial charge in [-0.25, -0.2) is 10.8 Å². The maximum absolute atomic E-state index is 12.0. The van der Waals surface area contributed by atoms with Gasteiger partial charge < -0.3 is 15.5 Å². The van der Waals surface area contributed by atoms with E-state index in [9.17, 15) is 8.78 Å². The summed E-state index contributed by atoms with van der Waals surface area (Å²) in [6, 6.07) is 11.4. The van der Waals surface area contributed by atoms with Crippen molar-refractivity contribution in [3.05, 3.63) is 42.5 Å². The molecule has 0 radical (unpaired) electrons. The second-order valence-electron chi connectivity index (χ2n) is 3.58. The number of alkyl halides is 2. The lowest BCUT2D eigenvalue weighted by Gasteiger charge is -2.08. The summed E-state index contributed by atoms with van der Waals surface area (Å²) in [5.74, 6) is 6.45. The molecule has 0 aliphatic rings. The maximum Gasteiger partial charge on any atom is 0.387 e. The van der Waals surface area contributed by atoms with Crippen molar-refractivity contribution < 1.29 is 13.5 Å². The van der Waals surface area contributed by atoms with Crippen molar-refractivity contribution in [1.82, 2.24) is 4.98 Å². The fourth-order valence-corrected chi connectivity index (χ4v) is 1.45. The van der Waals surface area contributed by atoms with E-state index >= 15 is 0 Å². The van der Waals surface area contributed by atoms with E-state index in [1.807, 2.05) is 0 Å². The molecule has 0 aliphatic heterocycles. The van der Waals surface area contributed by atoms with E-state index in [4.69, 9.17) is 5.84 Å². The number of hydrogen-bond donors (Lipinski definition) is 3. The second-order valence-corrected chi connectivity index (χ2v) is 3.58. The zero-order valence-electron chi connectivity index (χ0n) is 9.81. The molecule has 5 nitrogen and oxygen atoms in total. The van der Waals surface area contributed by atoms with Gasteiger partial charge in [0.25, 0.3) is 0 Å². The molecule has 2 rings (SSSR count). The maximum atomic E-state index is 12.0. The van der Waals surface area contributed by atoms with E-state index in [0.29, 0.717) is 17.3 Å². The van der Waals surface area contributed by atoms with Crippen molar-refractivity contribution >= 4 is 17.3 Å². The fourth-order valence-electron chi connectivity index (χ4n) is 1.45. The molecule has 0 saturated heterocycles. The Morgan fingerprint density at radius 3 is 2.37 bits per heavy atom. The first-order chi connectivity index (χ1) is 9.17. The van der Waals surface area contributed by atoms with Crippen LogP contribution in [0.1, 0.15) is 0 Å². The summed E-state index contributed by atoms with van der Waals surface area (Å²) >= 11 is 0. The lowest BCUT2D eigenvalue weighted by atomic mass is 10.3. The van der Waals surface area contributed by atoms with Crippen LogP contribution in [0.2, 0.25) is 0 Å². The Bertz CT molecular complexity index is 534. The molecule has 0 unspecified atom stereocenters. The lowest BCUT2D eigenvalue weighted by molar-refractivity contribution is -0.0498. The van der Waals surface area contributed by atoms with E-state index in [-0.39, 0.29) is 5.75 Å². The number of rotatable bonds is 5. The SMILES string of the molecule is NNc1cccc(Nc2ccc(OC(F)F)cc2)n1. The number of anilines is 3. The predicted octanol–water partition coefficient (Wildman–Crippen LogP) is 2.71. The van der Waals surface area contributed by atoms with Crippen LogP contribution < -0.4 is 21.3 Å². The van der Waals surface area contributed by atoms with Crippen LogP contribution in [0.15, 0.2) is 42.5 Å². The minimum atomic E-state index is -2.83. The summed E-state index contributed by atoms with van der Waals surface area (Å²) in [7, 11) is 0. The summed E-state index contributed by atoms with van der Waals surface area (Å²) in [5.41, 5.74) is 3.13. The zero-order chi connectivity index (χ0) is 13.7. The molecule has 4 N–H and O–H groups in total. The van der Waals surface area contributed by atoms with Crippen LogP contribution in [0.3, 0.4) is 0 Å². The van der Waals surface area contributed by atoms with Crippen LogP contribution in [0.25, 0.3) is 0 Å². The number of nitrogens with two attached hydrogens (primary N) is 1. The van der Waals surface area contributed by atoms with Gasteiger partial charge in [-0.15, -0.1) is 0 Å². The third-order valence-corrected chi connectivity index (χ3v) is 2.25. The summed E-state index contributed by atoms with van der Waals surface area (Å²) in [6.45, 7) is -2.83. The average molecular weight is 266 g/mol. The number of pyridine rings is 1. The number of nitrogens with zero attached hydrogens (tertiary/aromatic N) is 1. The third-order valence-electron chi connectivity index (χ3n) is 2.25. The molecule has 1 aromatic heterocycles. The Hall–Kier alpha value is -2.41. The van der Waals surface area contributed by atoms with E-state index < -0.39 is 6.61 Å². The molecule has 0 saturated carbocycles. The number of hydrazine groups is 1. The van der Waals surface area contributed by atoms with E-state index in [2.05, 4.69) is 20.5 Å². The number of ether oxygens (including phenoxy) is 1. The van der Waals surface area contributed by atoms with Gasteiger partial charge in [-0.1, -0.05) is 6.07 Å². The molecule has 0 aliphatic carbocycles. The molecule has 0 fully saturated rings. The topological polar surface area (TPSA) is 72.2 Å². The molecular weight excluding hydrogens is 254 g/mol. The van der Waals surface area contributed by atoms with Crippen LogP contribution >= 0.6 is 0 Å². The van der Waals surface area contributed by atoms with Gasteiger partial charge in [0.05, 0.1) is 0 Å². The lowest BCUT2D eigenvalue weighted by Crippen LogP contribution is -2.08. The summed E-state index contributed by atoms with van der Waals surface area (Å²) in [6.07, 6.45) is 0. The first-order valence-corrected chi connectivity index (χ1v) is 5.43. The van der Waals surface area contributed by atoms with Crippen molar-refractivity contribution in [3.8, 4) is 5.75 Å². The molecule has 7 heteroatoms. The molecule has 0 bridgehead atoms. The third kappa shape index (κ3) is 3.78. The van der Waals surface area contributed by atoms with Gasteiger partial charge >= 0.3 is 6.61 Å². The highest BCUT2D eigenvalue weighted by Crippen LogP contribution is 2.20. The standard InChI is InChI=1S/C12H12F2N4O/c13-12(14)19-9-6-4-8(5-7-9)16-10-2-1-3-11(17-10)18-15/h1-7,12H,15H2,(H2,16,17,18). The summed E-state index contributed by atoms with van der Waals surface area (Å²) in [5, 5.41) is 3.01. The van der Waals surface area contributed by atoms with Crippen molar-refractivity contribution in [2.45, 2.75) is 6.61 Å². The van der Waals surface area contributed by atoms with Crippen LogP contribution in [-0.2, 0) is 0 Å². The Kier molecular flexibility index (Phi) is 4.09. The van der Waals surface area contributed by atoms with E-state index in [0.717, 1.165) is 0 Å². The van der Waals surface area contributed by atoms with Crippen molar-refractivity contribution in [3.63, 3.8) is 0 Å². The second kappa shape index (κ2) is 5.96. The van der Waals surface area contributed by atoms with Crippen LogP contribution in [0.5, 0.6) is 5.75 Å². The number of benzene rings is 1. The number of hydrogen-bond acceptors (Lipinski definition) is 5. The Balaban J connectivity index is 2.06. The predicted molar refractivity (Wildman–Crippen MR) is 68.4 cm³/mol. The first-order valence-electron chi connectivity index (χ1n) is 5.43. The highest BCUT2D eigenvalue weighted by molar-refractivity contribution is 5.58. The van der Waals surface area contributed by atoms with Crippen molar-refractivity contribution in [2.24, 2.45) is 5.84 Å². The Morgan fingerprint density at radius 2 is 1.74 bits per heavy atom. The quantitative estimate of drug-likeness (QED) is 0.573. The fraction of sp³-hybridized carbons (Fsp3) is 0.0833. The largest absolute Gasteiger partial charge is 0.435 e. The Labute approximate surface area is 108 Å². The smallest absolute Gasteiger partial charge is 0.387 e.